The van der Waals surface area contributed by atoms with Crippen molar-refractivity contribution < 1.29 is 35.2 Å². The molecular formula is C6H9NO8. The van der Waals surface area contributed by atoms with Crippen LogP contribution in [0, 0.1) is 4.91 Å². The first-order valence-electron chi connectivity index (χ1n) is 3.58. The highest BCUT2D eigenvalue weighted by Crippen LogP contribution is 2.20. The van der Waals surface area contributed by atoms with Gasteiger partial charge in [0, 0.05) is 0 Å². The van der Waals surface area contributed by atoms with Crippen LogP contribution in [0.25, 0.3) is 0 Å². The highest BCUT2D eigenvalue weighted by atomic mass is 16.6. The number of aliphatic hydroxyl groups excluding tert-OH is 4. The summed E-state index contributed by atoms with van der Waals surface area (Å²) in [5.41, 5.74) is 0. The standard InChI is InChI=1S/C6H8O6.HNO2/c7-1-2(8)5-3(9)4(10)6(11)12-5;2-1-3/h2,5,7-10H,1H2;(H,2,3)/t2-,5+;/m0./s1. The fourth-order valence-corrected chi connectivity index (χ4v) is 0.823. The molecule has 0 saturated heterocycles. The molecule has 1 heterocycles. The molecule has 1 aliphatic rings. The lowest BCUT2D eigenvalue weighted by atomic mass is 10.2. The lowest BCUT2D eigenvalue weighted by Crippen LogP contribution is -2.31. The van der Waals surface area contributed by atoms with Crippen LogP contribution < -0.4 is 0 Å². The zero-order valence-electron chi connectivity index (χ0n) is 7.27. The number of cyclic esters (lactones) is 1. The van der Waals surface area contributed by atoms with Crippen molar-refractivity contribution in [2.45, 2.75) is 12.2 Å². The molecule has 0 aromatic heterocycles. The highest BCUT2D eigenvalue weighted by Gasteiger charge is 2.38. The van der Waals surface area contributed by atoms with Crippen molar-refractivity contribution in [1.82, 2.24) is 0 Å². The molecule has 0 aliphatic carbocycles. The summed E-state index contributed by atoms with van der Waals surface area (Å²) < 4.78 is 4.32. The van der Waals surface area contributed by atoms with Gasteiger partial charge in [-0.1, -0.05) is 0 Å². The summed E-state index contributed by atoms with van der Waals surface area (Å²) in [6.07, 6.45) is -2.78. The summed E-state index contributed by atoms with van der Waals surface area (Å²) >= 11 is 0. The SMILES string of the molecule is O=C1O[C@H]([C@@H](O)CO)C(O)=C1O.O=NO. The van der Waals surface area contributed by atoms with Crippen LogP contribution in [0.15, 0.2) is 16.9 Å². The molecule has 0 spiro atoms. The molecule has 0 bridgehead atoms. The van der Waals surface area contributed by atoms with Crippen LogP contribution >= 0.6 is 0 Å². The first-order chi connectivity index (χ1) is 6.99. The third kappa shape index (κ3) is 3.07. The summed E-state index contributed by atoms with van der Waals surface area (Å²) in [6, 6.07) is 0. The number of nitrogens with zero attached hydrogens (tertiary/aromatic N) is 1. The minimum atomic E-state index is -1.42. The van der Waals surface area contributed by atoms with Crippen LogP contribution in [-0.4, -0.2) is 50.4 Å². The summed E-state index contributed by atoms with van der Waals surface area (Å²) in [5.74, 6) is -2.78. The van der Waals surface area contributed by atoms with E-state index < -0.39 is 36.3 Å². The Morgan fingerprint density at radius 1 is 1.47 bits per heavy atom. The topological polar surface area (TPSA) is 157 Å². The number of rotatable bonds is 2. The number of esters is 1. The second-order valence-corrected chi connectivity index (χ2v) is 2.39. The van der Waals surface area contributed by atoms with E-state index in [0.29, 0.717) is 0 Å². The van der Waals surface area contributed by atoms with Gasteiger partial charge in [0.15, 0.2) is 17.2 Å². The maximum atomic E-state index is 10.5. The fourth-order valence-electron chi connectivity index (χ4n) is 0.823. The Kier molecular flexibility index (Phi) is 5.06. The van der Waals surface area contributed by atoms with Gasteiger partial charge in [0.1, 0.15) is 6.10 Å². The van der Waals surface area contributed by atoms with Gasteiger partial charge in [-0.15, -0.1) is 4.91 Å². The second kappa shape index (κ2) is 5.78. The monoisotopic (exact) mass is 223 g/mol. The number of carbonyl (C=O) groups excluding carboxylic acids is 1. The van der Waals surface area contributed by atoms with Crippen molar-refractivity contribution in [3.05, 3.63) is 16.4 Å². The van der Waals surface area contributed by atoms with Crippen molar-refractivity contribution in [2.75, 3.05) is 6.61 Å². The molecule has 9 heteroatoms. The summed E-state index contributed by atoms with van der Waals surface area (Å²) in [5, 5.41) is 42.9. The Balaban J connectivity index is 0.000000583. The van der Waals surface area contributed by atoms with Gasteiger partial charge in [0.25, 0.3) is 0 Å². The van der Waals surface area contributed by atoms with Crippen LogP contribution in [0.2, 0.25) is 0 Å². The molecular weight excluding hydrogens is 214 g/mol. The van der Waals surface area contributed by atoms with Gasteiger partial charge in [-0.05, 0) is 0 Å². The molecule has 0 unspecified atom stereocenters. The fraction of sp³-hybridized carbons (Fsp3) is 0.500. The molecule has 0 fully saturated rings. The zero-order chi connectivity index (χ0) is 12.0. The van der Waals surface area contributed by atoms with Gasteiger partial charge in [0.05, 0.1) is 6.61 Å². The smallest absolute Gasteiger partial charge is 0.377 e. The minimum absolute atomic E-state index is 0.671. The average Bonchev–Trinajstić information content (AvgIpc) is 2.46. The van der Waals surface area contributed by atoms with E-state index in [4.69, 9.17) is 30.5 Å². The molecule has 86 valence electrons. The van der Waals surface area contributed by atoms with Crippen molar-refractivity contribution in [3.8, 4) is 0 Å². The van der Waals surface area contributed by atoms with Crippen LogP contribution in [0.4, 0.5) is 0 Å². The van der Waals surface area contributed by atoms with Gasteiger partial charge < -0.3 is 30.4 Å². The second-order valence-electron chi connectivity index (χ2n) is 2.39. The summed E-state index contributed by atoms with van der Waals surface area (Å²) in [6.45, 7) is -0.671. The zero-order valence-corrected chi connectivity index (χ0v) is 7.27. The molecule has 0 aromatic carbocycles. The summed E-state index contributed by atoms with van der Waals surface area (Å²) in [7, 11) is 0. The Bertz CT molecular complexity index is 274. The lowest BCUT2D eigenvalue weighted by molar-refractivity contribution is -0.147. The van der Waals surface area contributed by atoms with Gasteiger partial charge >= 0.3 is 5.97 Å². The number of aliphatic hydroxyl groups is 4. The van der Waals surface area contributed by atoms with E-state index in [2.05, 4.69) is 4.74 Å². The van der Waals surface area contributed by atoms with Gasteiger partial charge in [-0.2, -0.15) is 0 Å². The molecule has 15 heavy (non-hydrogen) atoms. The normalized spacial score (nSPS) is 21.5. The van der Waals surface area contributed by atoms with E-state index in [1.54, 1.807) is 0 Å². The molecule has 1 rings (SSSR count). The van der Waals surface area contributed by atoms with Gasteiger partial charge in [-0.3, -0.25) is 0 Å². The minimum Gasteiger partial charge on any atom is -0.505 e. The molecule has 2 atom stereocenters. The van der Waals surface area contributed by atoms with Gasteiger partial charge in [-0.25, -0.2) is 4.79 Å². The first kappa shape index (κ1) is 13.1. The molecule has 0 aromatic rings. The van der Waals surface area contributed by atoms with Crippen LogP contribution in [0.3, 0.4) is 0 Å². The van der Waals surface area contributed by atoms with E-state index in [1.165, 1.54) is 5.34 Å². The first-order valence-corrected chi connectivity index (χ1v) is 3.58. The third-order valence-corrected chi connectivity index (χ3v) is 1.48. The maximum absolute atomic E-state index is 10.5. The number of carbonyl (C=O) groups is 1. The average molecular weight is 223 g/mol. The highest BCUT2D eigenvalue weighted by molar-refractivity contribution is 5.89. The molecule has 1 aliphatic heterocycles. The van der Waals surface area contributed by atoms with Crippen molar-refractivity contribution in [3.63, 3.8) is 0 Å². The van der Waals surface area contributed by atoms with Crippen molar-refractivity contribution in [1.29, 1.82) is 0 Å². The van der Waals surface area contributed by atoms with E-state index in [1.807, 2.05) is 0 Å². The number of hydrogen-bond donors (Lipinski definition) is 5. The predicted octanol–water partition coefficient (Wildman–Crippen LogP) is -1.27. The Morgan fingerprint density at radius 2 is 1.93 bits per heavy atom. The van der Waals surface area contributed by atoms with Crippen LogP contribution in [0.1, 0.15) is 0 Å². The molecule has 5 N–H and O–H groups in total. The number of hydrogen-bond acceptors (Lipinski definition) is 8. The largest absolute Gasteiger partial charge is 0.505 e. The Labute approximate surface area is 82.8 Å². The predicted molar refractivity (Wildman–Crippen MR) is 42.8 cm³/mol. The Hall–Kier alpha value is -1.87. The van der Waals surface area contributed by atoms with Crippen molar-refractivity contribution >= 4 is 5.97 Å². The number of ether oxygens (including phenoxy) is 1. The van der Waals surface area contributed by atoms with E-state index in [-0.39, 0.29) is 0 Å². The lowest BCUT2D eigenvalue weighted by Gasteiger charge is -2.13. The molecule has 0 amide bonds. The molecule has 0 radical (unpaired) electrons. The maximum Gasteiger partial charge on any atom is 0.377 e. The van der Waals surface area contributed by atoms with Gasteiger partial charge in [0.2, 0.25) is 5.76 Å². The van der Waals surface area contributed by atoms with Crippen LogP contribution in [0.5, 0.6) is 0 Å². The van der Waals surface area contributed by atoms with Crippen molar-refractivity contribution in [2.24, 2.45) is 5.34 Å². The Morgan fingerprint density at radius 3 is 2.20 bits per heavy atom. The van der Waals surface area contributed by atoms with E-state index in [0.717, 1.165) is 0 Å². The van der Waals surface area contributed by atoms with E-state index in [9.17, 15) is 4.79 Å². The summed E-state index contributed by atoms with van der Waals surface area (Å²) in [4.78, 5) is 18.6. The third-order valence-electron chi connectivity index (χ3n) is 1.48. The molecule has 9 nitrogen and oxygen atoms in total. The van der Waals surface area contributed by atoms with E-state index >= 15 is 0 Å². The molecule has 0 saturated carbocycles. The quantitative estimate of drug-likeness (QED) is 0.220. The van der Waals surface area contributed by atoms with Crippen LogP contribution in [-0.2, 0) is 9.53 Å².